The molecule has 0 spiro atoms. The molecule has 1 atom stereocenters. The lowest BCUT2D eigenvalue weighted by molar-refractivity contribution is -0.140. The Morgan fingerprint density at radius 1 is 1.20 bits per heavy atom. The van der Waals surface area contributed by atoms with Gasteiger partial charge < -0.3 is 20.1 Å². The topological polar surface area (TPSA) is 121 Å². The van der Waals surface area contributed by atoms with Crippen LogP contribution in [-0.4, -0.2) is 45.9 Å². The van der Waals surface area contributed by atoms with E-state index in [1.54, 1.807) is 0 Å². The van der Waals surface area contributed by atoms with Crippen LogP contribution in [0.25, 0.3) is 0 Å². The van der Waals surface area contributed by atoms with Gasteiger partial charge in [0.2, 0.25) is 0 Å². The summed E-state index contributed by atoms with van der Waals surface area (Å²) in [5.74, 6) is -2.42. The summed E-state index contributed by atoms with van der Waals surface area (Å²) >= 11 is 0. The monoisotopic (exact) mass is 288 g/mol. The molecule has 0 aliphatic carbocycles. The maximum absolute atomic E-state index is 10.3. The summed E-state index contributed by atoms with van der Waals surface area (Å²) in [5, 5.41) is 24.1. The minimum atomic E-state index is -0.981. The molecule has 0 aliphatic heterocycles. The number of carboxylic acid groups (broad SMARTS) is 2. The third-order valence-electron chi connectivity index (χ3n) is 1.17. The van der Waals surface area contributed by atoms with Crippen LogP contribution in [0.3, 0.4) is 0 Å². The Morgan fingerprint density at radius 3 is 1.70 bits per heavy atom. The van der Waals surface area contributed by atoms with Crippen molar-refractivity contribution in [3.63, 3.8) is 0 Å². The van der Waals surface area contributed by atoms with Crippen molar-refractivity contribution in [2.75, 3.05) is 6.61 Å². The van der Waals surface area contributed by atoms with Crippen molar-refractivity contribution in [2.24, 2.45) is 0 Å². The zero-order valence-electron chi connectivity index (χ0n) is 11.5. The van der Waals surface area contributed by atoms with Crippen LogP contribution in [0.2, 0.25) is 0 Å². The van der Waals surface area contributed by atoms with Gasteiger partial charge in [-0.25, -0.2) is 14.4 Å². The summed E-state index contributed by atoms with van der Waals surface area (Å²) in [6, 6.07) is 0. The van der Waals surface area contributed by atoms with E-state index in [0.717, 1.165) is 12.2 Å². The normalized spacial score (nSPS) is 9.35. The Balaban J connectivity index is -0.000000230. The number of aliphatic carboxylic acids is 2. The van der Waals surface area contributed by atoms with Gasteiger partial charge in [0, 0.05) is 17.7 Å². The zero-order valence-corrected chi connectivity index (χ0v) is 11.5. The highest BCUT2D eigenvalue weighted by Gasteiger charge is 1.98. The van der Waals surface area contributed by atoms with Crippen LogP contribution in [0.15, 0.2) is 37.5 Å². The zero-order chi connectivity index (χ0) is 16.7. The molecule has 20 heavy (non-hydrogen) atoms. The summed E-state index contributed by atoms with van der Waals surface area (Å²) < 4.78 is 4.45. The molecule has 7 nitrogen and oxygen atoms in total. The van der Waals surface area contributed by atoms with Crippen molar-refractivity contribution in [3.8, 4) is 0 Å². The molecule has 0 bridgehead atoms. The molecular weight excluding hydrogens is 268 g/mol. The van der Waals surface area contributed by atoms with Gasteiger partial charge in [0.25, 0.3) is 0 Å². The van der Waals surface area contributed by atoms with Crippen LogP contribution in [-0.2, 0) is 19.1 Å². The smallest absolute Gasteiger partial charge is 0.330 e. The Bertz CT molecular complexity index is 344. The lowest BCUT2D eigenvalue weighted by Gasteiger charge is -2.02. The number of aliphatic hydroxyl groups excluding tert-OH is 1. The number of hydrogen-bond donors (Lipinski definition) is 3. The second-order valence-electron chi connectivity index (χ2n) is 3.31. The number of carbonyl (C=O) groups excluding carboxylic acids is 1. The molecule has 0 aromatic rings. The van der Waals surface area contributed by atoms with Gasteiger partial charge in [-0.1, -0.05) is 19.7 Å². The molecular formula is C13H20O7. The molecule has 7 heteroatoms. The number of hydrogen-bond acceptors (Lipinski definition) is 5. The Morgan fingerprint density at radius 2 is 1.55 bits per heavy atom. The van der Waals surface area contributed by atoms with Crippen LogP contribution in [0.4, 0.5) is 0 Å². The molecule has 0 saturated carbocycles. The van der Waals surface area contributed by atoms with Crippen molar-refractivity contribution in [1.82, 2.24) is 0 Å². The third kappa shape index (κ3) is 29.6. The summed E-state index contributed by atoms with van der Waals surface area (Å²) in [7, 11) is 0. The summed E-state index contributed by atoms with van der Waals surface area (Å²) in [6.07, 6.45) is 1.29. The molecule has 0 rings (SSSR count). The average molecular weight is 288 g/mol. The van der Waals surface area contributed by atoms with Crippen LogP contribution in [0.1, 0.15) is 13.8 Å². The van der Waals surface area contributed by atoms with Gasteiger partial charge in [0.15, 0.2) is 0 Å². The van der Waals surface area contributed by atoms with Gasteiger partial charge in [-0.05, 0) is 13.8 Å². The standard InChI is InChI=1S/C6H10O3.C4H6O2.C3H4O2/c1-3-6(8)9-4-5(2)7;1-3(2)4(5)6;1-2-3(4)5/h3,5,7H,1,4H2,2H3;1H2,2H3,(H,5,6);2H,1H2,(H,4,5). The Kier molecular flexibility index (Phi) is 16.7. The molecule has 114 valence electrons. The fraction of sp³-hybridized carbons (Fsp3) is 0.308. The summed E-state index contributed by atoms with van der Waals surface area (Å²) in [5.41, 5.74) is 0.176. The van der Waals surface area contributed by atoms with Crippen LogP contribution in [0.5, 0.6) is 0 Å². The van der Waals surface area contributed by atoms with E-state index >= 15 is 0 Å². The van der Waals surface area contributed by atoms with E-state index < -0.39 is 24.0 Å². The van der Waals surface area contributed by atoms with E-state index in [1.807, 2.05) is 0 Å². The quantitative estimate of drug-likeness (QED) is 0.509. The first kappa shape index (κ1) is 22.7. The molecule has 0 aromatic carbocycles. The first-order valence-corrected chi connectivity index (χ1v) is 5.29. The van der Waals surface area contributed by atoms with E-state index in [1.165, 1.54) is 13.8 Å². The van der Waals surface area contributed by atoms with Gasteiger partial charge in [-0.15, -0.1) is 0 Å². The van der Waals surface area contributed by atoms with E-state index in [0.29, 0.717) is 0 Å². The molecule has 0 saturated heterocycles. The van der Waals surface area contributed by atoms with Gasteiger partial charge in [-0.3, -0.25) is 0 Å². The number of ether oxygens (including phenoxy) is 1. The number of carboxylic acids is 2. The largest absolute Gasteiger partial charge is 0.478 e. The molecule has 3 N–H and O–H groups in total. The Hall–Kier alpha value is -2.41. The predicted octanol–water partition coefficient (Wildman–Crippen LogP) is 1.00. The van der Waals surface area contributed by atoms with Gasteiger partial charge in [0.1, 0.15) is 6.61 Å². The molecule has 0 fully saturated rings. The fourth-order valence-electron chi connectivity index (χ4n) is 0.262. The van der Waals surface area contributed by atoms with Crippen molar-refractivity contribution in [2.45, 2.75) is 20.0 Å². The molecule has 1 unspecified atom stereocenters. The van der Waals surface area contributed by atoms with Crippen molar-refractivity contribution in [3.05, 3.63) is 37.5 Å². The van der Waals surface area contributed by atoms with E-state index in [4.69, 9.17) is 15.3 Å². The third-order valence-corrected chi connectivity index (χ3v) is 1.17. The number of rotatable bonds is 5. The molecule has 0 heterocycles. The second-order valence-corrected chi connectivity index (χ2v) is 3.31. The highest BCUT2D eigenvalue weighted by molar-refractivity contribution is 5.84. The average Bonchev–Trinajstić information content (AvgIpc) is 2.37. The highest BCUT2D eigenvalue weighted by atomic mass is 16.5. The fourth-order valence-corrected chi connectivity index (χ4v) is 0.262. The maximum atomic E-state index is 10.3. The minimum Gasteiger partial charge on any atom is -0.478 e. The number of aliphatic hydroxyl groups is 1. The van der Waals surface area contributed by atoms with Crippen LogP contribution >= 0.6 is 0 Å². The first-order chi connectivity index (χ1) is 9.08. The van der Waals surface area contributed by atoms with Crippen LogP contribution < -0.4 is 0 Å². The Labute approximate surface area is 117 Å². The summed E-state index contributed by atoms with van der Waals surface area (Å²) in [4.78, 5) is 29.1. The highest BCUT2D eigenvalue weighted by Crippen LogP contribution is 1.83. The van der Waals surface area contributed by atoms with E-state index in [-0.39, 0.29) is 12.2 Å². The predicted molar refractivity (Wildman–Crippen MR) is 73.1 cm³/mol. The maximum Gasteiger partial charge on any atom is 0.330 e. The number of carbonyl (C=O) groups is 3. The molecule has 0 aliphatic rings. The van der Waals surface area contributed by atoms with Crippen molar-refractivity contribution in [1.29, 1.82) is 0 Å². The van der Waals surface area contributed by atoms with E-state index in [9.17, 15) is 14.4 Å². The number of esters is 1. The van der Waals surface area contributed by atoms with Gasteiger partial charge in [0.05, 0.1) is 6.10 Å². The first-order valence-electron chi connectivity index (χ1n) is 5.29. The minimum absolute atomic E-state index is 0.0326. The molecule has 0 radical (unpaired) electrons. The second kappa shape index (κ2) is 14.7. The van der Waals surface area contributed by atoms with Gasteiger partial charge in [-0.2, -0.15) is 0 Å². The van der Waals surface area contributed by atoms with Crippen molar-refractivity contribution < 1.29 is 34.4 Å². The van der Waals surface area contributed by atoms with E-state index in [2.05, 4.69) is 24.5 Å². The lowest BCUT2D eigenvalue weighted by atomic mass is 10.4. The lowest BCUT2D eigenvalue weighted by Crippen LogP contribution is -2.13. The van der Waals surface area contributed by atoms with Crippen LogP contribution in [0, 0.1) is 0 Å². The molecule has 0 amide bonds. The summed E-state index contributed by atoms with van der Waals surface area (Å²) in [6.45, 7) is 12.3. The van der Waals surface area contributed by atoms with Gasteiger partial charge >= 0.3 is 17.9 Å². The molecule has 0 aromatic heterocycles. The van der Waals surface area contributed by atoms with Crippen molar-refractivity contribution >= 4 is 17.9 Å². The SMILES string of the molecule is C=C(C)C(=O)O.C=CC(=O)O.C=CC(=O)OCC(C)O.